The minimum Gasteiger partial charge on any atom is -0.372 e. The third-order valence-corrected chi connectivity index (χ3v) is 6.61. The van der Waals surface area contributed by atoms with Crippen molar-refractivity contribution in [2.24, 2.45) is 0 Å². The highest BCUT2D eigenvalue weighted by molar-refractivity contribution is 6.35. The van der Waals surface area contributed by atoms with Crippen molar-refractivity contribution in [2.45, 2.75) is 32.6 Å². The zero-order chi connectivity index (χ0) is 22.5. The Bertz CT molecular complexity index is 1100. The monoisotopic (exact) mass is 445 g/mol. The van der Waals surface area contributed by atoms with E-state index in [1.807, 2.05) is 12.1 Å². The van der Waals surface area contributed by atoms with E-state index in [1.165, 1.54) is 24.1 Å². The number of halogens is 1. The Labute approximate surface area is 197 Å². The fourth-order valence-corrected chi connectivity index (χ4v) is 4.61. The second-order valence-corrected chi connectivity index (χ2v) is 8.99. The Morgan fingerprint density at radius 2 is 1.69 bits per heavy atom. The summed E-state index contributed by atoms with van der Waals surface area (Å²) in [5.41, 5.74) is 6.57. The Kier molecular flexibility index (Phi) is 7.16. The van der Waals surface area contributed by atoms with Gasteiger partial charge in [0.25, 0.3) is 0 Å². The topological polar surface area (TPSA) is 19.4 Å². The molecule has 4 heteroatoms. The fraction of sp³-hybridized carbons (Fsp3) is 0.321. The summed E-state index contributed by atoms with van der Waals surface area (Å²) >= 11 is 6.60. The summed E-state index contributed by atoms with van der Waals surface area (Å²) in [6.07, 6.45) is 4.29. The number of piperazine rings is 1. The minimum absolute atomic E-state index is 0.747. The molecule has 2 heterocycles. The van der Waals surface area contributed by atoms with Crippen LogP contribution in [0.3, 0.4) is 0 Å². The van der Waals surface area contributed by atoms with Gasteiger partial charge >= 0.3 is 0 Å². The van der Waals surface area contributed by atoms with Crippen molar-refractivity contribution < 1.29 is 0 Å². The Morgan fingerprint density at radius 3 is 2.41 bits per heavy atom. The van der Waals surface area contributed by atoms with E-state index in [2.05, 4.69) is 72.3 Å². The van der Waals surface area contributed by atoms with Crippen molar-refractivity contribution in [3.05, 3.63) is 95.3 Å². The molecule has 0 atom stereocenters. The fourth-order valence-electron chi connectivity index (χ4n) is 4.33. The summed E-state index contributed by atoms with van der Waals surface area (Å²) in [6, 6.07) is 18.7. The summed E-state index contributed by atoms with van der Waals surface area (Å²) in [5, 5.41) is 1.73. The lowest BCUT2D eigenvalue weighted by molar-refractivity contribution is 0.209. The highest BCUT2D eigenvalue weighted by atomic mass is 35.5. The van der Waals surface area contributed by atoms with Crippen LogP contribution in [-0.2, 0) is 6.42 Å². The number of fused-ring (bicyclic) bond motifs is 1. The molecule has 0 N–H and O–H groups in total. The van der Waals surface area contributed by atoms with Crippen molar-refractivity contribution in [1.82, 2.24) is 14.8 Å². The van der Waals surface area contributed by atoms with E-state index < -0.39 is 0 Å². The predicted octanol–water partition coefficient (Wildman–Crippen LogP) is 6.77. The first kappa shape index (κ1) is 22.4. The Balaban J connectivity index is 1.48. The molecule has 0 unspecified atom stereocenters. The SMILES string of the molecule is C=C(CCCC)N1CCN(C(=C)c2ccc3c(Cl)cc(Cc4ccccc4)nc3c2)CC1. The summed E-state index contributed by atoms with van der Waals surface area (Å²) in [7, 11) is 0. The van der Waals surface area contributed by atoms with Crippen LogP contribution < -0.4 is 0 Å². The second kappa shape index (κ2) is 10.2. The number of benzene rings is 2. The van der Waals surface area contributed by atoms with E-state index in [0.29, 0.717) is 0 Å². The van der Waals surface area contributed by atoms with Gasteiger partial charge in [-0.3, -0.25) is 4.98 Å². The summed E-state index contributed by atoms with van der Waals surface area (Å²) in [6.45, 7) is 14.9. The van der Waals surface area contributed by atoms with E-state index in [1.54, 1.807) is 0 Å². The lowest BCUT2D eigenvalue weighted by atomic mass is 10.1. The van der Waals surface area contributed by atoms with Crippen molar-refractivity contribution in [3.63, 3.8) is 0 Å². The van der Waals surface area contributed by atoms with Gasteiger partial charge < -0.3 is 9.80 Å². The molecule has 0 radical (unpaired) electrons. The molecule has 0 amide bonds. The molecule has 1 fully saturated rings. The quantitative estimate of drug-likeness (QED) is 0.381. The van der Waals surface area contributed by atoms with Crippen LogP contribution in [0.2, 0.25) is 5.02 Å². The predicted molar refractivity (Wildman–Crippen MR) is 137 cm³/mol. The van der Waals surface area contributed by atoms with Gasteiger partial charge in [-0.1, -0.05) is 80.6 Å². The van der Waals surface area contributed by atoms with E-state index in [4.69, 9.17) is 16.6 Å². The first-order valence-electron chi connectivity index (χ1n) is 11.5. The first-order chi connectivity index (χ1) is 15.5. The molecule has 1 aromatic heterocycles. The smallest absolute Gasteiger partial charge is 0.0727 e. The highest BCUT2D eigenvalue weighted by Gasteiger charge is 2.20. The second-order valence-electron chi connectivity index (χ2n) is 8.58. The number of hydrogen-bond donors (Lipinski definition) is 0. The van der Waals surface area contributed by atoms with Gasteiger partial charge in [0.15, 0.2) is 0 Å². The average molecular weight is 446 g/mol. The number of unbranched alkanes of at least 4 members (excludes halogenated alkanes) is 1. The van der Waals surface area contributed by atoms with Gasteiger partial charge in [0, 0.05) is 55.1 Å². The van der Waals surface area contributed by atoms with E-state index in [-0.39, 0.29) is 0 Å². The average Bonchev–Trinajstić information content (AvgIpc) is 2.82. The van der Waals surface area contributed by atoms with Crippen LogP contribution in [0.15, 0.2) is 73.5 Å². The maximum Gasteiger partial charge on any atom is 0.0727 e. The van der Waals surface area contributed by atoms with Crippen LogP contribution in [0.25, 0.3) is 16.6 Å². The minimum atomic E-state index is 0.747. The number of nitrogens with zero attached hydrogens (tertiary/aromatic N) is 3. The molecule has 1 aliphatic rings. The molecule has 1 saturated heterocycles. The van der Waals surface area contributed by atoms with Gasteiger partial charge in [-0.25, -0.2) is 0 Å². The van der Waals surface area contributed by atoms with Gasteiger partial charge in [0.1, 0.15) is 0 Å². The summed E-state index contributed by atoms with van der Waals surface area (Å²) in [5.74, 6) is 0. The highest BCUT2D eigenvalue weighted by Crippen LogP contribution is 2.28. The van der Waals surface area contributed by atoms with Crippen molar-refractivity contribution >= 4 is 28.2 Å². The number of pyridine rings is 1. The number of allylic oxidation sites excluding steroid dienone is 1. The third-order valence-electron chi connectivity index (χ3n) is 6.30. The van der Waals surface area contributed by atoms with Gasteiger partial charge in [0.05, 0.1) is 10.5 Å². The van der Waals surface area contributed by atoms with Crippen LogP contribution in [-0.4, -0.2) is 41.0 Å². The van der Waals surface area contributed by atoms with Gasteiger partial charge in [-0.2, -0.15) is 0 Å². The lowest BCUT2D eigenvalue weighted by Gasteiger charge is -2.39. The van der Waals surface area contributed by atoms with Crippen molar-refractivity contribution in [3.8, 4) is 0 Å². The Hall–Kier alpha value is -2.78. The van der Waals surface area contributed by atoms with Crippen molar-refractivity contribution in [2.75, 3.05) is 26.2 Å². The third kappa shape index (κ3) is 5.16. The maximum absolute atomic E-state index is 6.60. The first-order valence-corrected chi connectivity index (χ1v) is 11.9. The van der Waals surface area contributed by atoms with Crippen LogP contribution in [0.5, 0.6) is 0 Å². The van der Waals surface area contributed by atoms with Gasteiger partial charge in [0.2, 0.25) is 0 Å². The zero-order valence-electron chi connectivity index (χ0n) is 19.0. The van der Waals surface area contributed by atoms with Crippen LogP contribution in [0, 0.1) is 0 Å². The summed E-state index contributed by atoms with van der Waals surface area (Å²) in [4.78, 5) is 9.72. The molecule has 3 nitrogen and oxygen atoms in total. The van der Waals surface area contributed by atoms with E-state index in [9.17, 15) is 0 Å². The van der Waals surface area contributed by atoms with Gasteiger partial charge in [-0.15, -0.1) is 0 Å². The van der Waals surface area contributed by atoms with Crippen LogP contribution in [0.4, 0.5) is 0 Å². The molecule has 0 aliphatic carbocycles. The van der Waals surface area contributed by atoms with E-state index in [0.717, 1.165) is 71.9 Å². The molecule has 0 spiro atoms. The number of aromatic nitrogens is 1. The van der Waals surface area contributed by atoms with E-state index >= 15 is 0 Å². The Morgan fingerprint density at radius 1 is 0.969 bits per heavy atom. The molecule has 0 saturated carbocycles. The molecule has 166 valence electrons. The standard InChI is InChI=1S/C28H32ClN3/c1-4-5-9-21(2)31-14-16-32(17-15-31)22(3)24-12-13-26-27(29)20-25(30-28(26)19-24)18-23-10-7-6-8-11-23/h6-8,10-13,19-20H,2-5,9,14-18H2,1H3. The molecule has 32 heavy (non-hydrogen) atoms. The number of rotatable bonds is 8. The van der Waals surface area contributed by atoms with Crippen LogP contribution >= 0.6 is 11.6 Å². The maximum atomic E-state index is 6.60. The molecular formula is C28H32ClN3. The van der Waals surface area contributed by atoms with Gasteiger partial charge in [-0.05, 0) is 36.1 Å². The molecule has 3 aromatic rings. The normalized spacial score (nSPS) is 14.1. The molecule has 1 aliphatic heterocycles. The largest absolute Gasteiger partial charge is 0.372 e. The molecule has 0 bridgehead atoms. The van der Waals surface area contributed by atoms with Crippen LogP contribution in [0.1, 0.15) is 43.0 Å². The van der Waals surface area contributed by atoms with Crippen molar-refractivity contribution in [1.29, 1.82) is 0 Å². The number of hydrogen-bond acceptors (Lipinski definition) is 3. The molecule has 4 rings (SSSR count). The zero-order valence-corrected chi connectivity index (χ0v) is 19.7. The lowest BCUT2D eigenvalue weighted by Crippen LogP contribution is -2.44. The summed E-state index contributed by atoms with van der Waals surface area (Å²) < 4.78 is 0. The molecular weight excluding hydrogens is 414 g/mol. The molecule has 2 aromatic carbocycles.